The number of fused-ring (bicyclic) bond motifs is 1. The number of pyridine rings is 1. The molecule has 0 unspecified atom stereocenters. The maximum Gasteiger partial charge on any atom is 0.148 e. The fraction of sp³-hybridized carbons (Fsp3) is 0.143. The standard InChI is InChI=1S/C49H42N3O.Pt/c1-31-22-33(3)47(53)43(25-31)48-51-46-42(18-13-19-45(46)52(48)41-24-32(2)23-37(29-41)35-16-11-8-12-17-35)38-26-39(28-40(27-38)49(4,5)6)44-30-36(20-21-50-44)34-14-9-7-10-15-34;/h7-25,27-30,53H,1-6H3;/q-1;/i2D3;. The molecule has 0 bridgehead atoms. The third-order valence-electron chi connectivity index (χ3n) is 9.82. The normalized spacial score (nSPS) is 12.5. The van der Waals surface area contributed by atoms with Gasteiger partial charge in [0.1, 0.15) is 11.6 Å². The van der Waals surface area contributed by atoms with Crippen molar-refractivity contribution in [3.8, 4) is 67.5 Å². The van der Waals surface area contributed by atoms with E-state index in [1.165, 1.54) is 0 Å². The van der Waals surface area contributed by atoms with Crippen LogP contribution in [0.3, 0.4) is 0 Å². The summed E-state index contributed by atoms with van der Waals surface area (Å²) in [5, 5.41) is 11.6. The summed E-state index contributed by atoms with van der Waals surface area (Å²) in [6, 6.07) is 47.6. The van der Waals surface area contributed by atoms with E-state index in [4.69, 9.17) is 14.1 Å². The van der Waals surface area contributed by atoms with E-state index in [0.29, 0.717) is 22.6 Å². The average molecular weight is 887 g/mol. The first-order valence-electron chi connectivity index (χ1n) is 19.4. The van der Waals surface area contributed by atoms with Crippen LogP contribution in [0.2, 0.25) is 0 Å². The maximum atomic E-state index is 11.6. The van der Waals surface area contributed by atoms with Crippen molar-refractivity contribution in [3.05, 3.63) is 168 Å². The van der Waals surface area contributed by atoms with Crippen LogP contribution >= 0.6 is 0 Å². The first kappa shape index (κ1) is 33.0. The van der Waals surface area contributed by atoms with E-state index in [1.54, 1.807) is 12.1 Å². The van der Waals surface area contributed by atoms with Crippen LogP contribution in [0.5, 0.6) is 5.75 Å². The Hall–Kier alpha value is -5.57. The van der Waals surface area contributed by atoms with E-state index in [1.807, 2.05) is 110 Å². The molecule has 0 radical (unpaired) electrons. The van der Waals surface area contributed by atoms with E-state index in [-0.39, 0.29) is 37.8 Å². The van der Waals surface area contributed by atoms with Gasteiger partial charge < -0.3 is 5.11 Å². The van der Waals surface area contributed by atoms with Gasteiger partial charge >= 0.3 is 0 Å². The number of phenolic OH excluding ortho intramolecular Hbond substituents is 1. The van der Waals surface area contributed by atoms with Gasteiger partial charge in [-0.05, 0) is 95.4 Å². The number of benzene rings is 6. The topological polar surface area (TPSA) is 50.9 Å². The van der Waals surface area contributed by atoms with Crippen molar-refractivity contribution < 1.29 is 30.3 Å². The van der Waals surface area contributed by atoms with Gasteiger partial charge in [0.15, 0.2) is 0 Å². The quantitative estimate of drug-likeness (QED) is 0.169. The fourth-order valence-electron chi connectivity index (χ4n) is 7.10. The molecule has 0 spiro atoms. The predicted molar refractivity (Wildman–Crippen MR) is 219 cm³/mol. The van der Waals surface area contributed by atoms with Gasteiger partial charge in [0.25, 0.3) is 0 Å². The molecule has 0 aliphatic heterocycles. The molecule has 0 atom stereocenters. The van der Waals surface area contributed by atoms with Crippen molar-refractivity contribution in [2.75, 3.05) is 0 Å². The summed E-state index contributed by atoms with van der Waals surface area (Å²) in [5.41, 5.74) is 12.7. The molecule has 0 amide bonds. The molecule has 4 nitrogen and oxygen atoms in total. The summed E-state index contributed by atoms with van der Waals surface area (Å²) < 4.78 is 27.3. The van der Waals surface area contributed by atoms with Gasteiger partial charge in [0.2, 0.25) is 0 Å². The van der Waals surface area contributed by atoms with Crippen LogP contribution in [0.1, 0.15) is 47.1 Å². The summed E-state index contributed by atoms with van der Waals surface area (Å²) >= 11 is 0. The SMILES string of the molecule is [2H]C([2H])([2H])c1cc(-c2ccccc2)cc(-n2c(-c3cc(C)cc(C)c3O)nc3c(-c4[c-]c(-c5cc(-c6ccccc6)ccn5)cc(C(C)(C)C)c4)cccc32)c1.[Pt]. The van der Waals surface area contributed by atoms with Crippen molar-refractivity contribution in [1.82, 2.24) is 14.5 Å². The molecule has 0 aliphatic rings. The van der Waals surface area contributed by atoms with Crippen LogP contribution < -0.4 is 0 Å². The smallest absolute Gasteiger partial charge is 0.148 e. The summed E-state index contributed by atoms with van der Waals surface area (Å²) in [5.74, 6) is 0.625. The number of aryl methyl sites for hydroxylation is 3. The minimum absolute atomic E-state index is 0. The third-order valence-corrected chi connectivity index (χ3v) is 9.82. The Balaban J connectivity index is 0.00000496. The number of para-hydroxylation sites is 1. The fourth-order valence-corrected chi connectivity index (χ4v) is 7.10. The van der Waals surface area contributed by atoms with Crippen LogP contribution in [0.25, 0.3) is 72.7 Å². The molecular weight excluding hydrogens is 842 g/mol. The molecule has 2 aromatic heterocycles. The Morgan fingerprint density at radius 3 is 2.07 bits per heavy atom. The zero-order valence-corrected chi connectivity index (χ0v) is 33.2. The molecule has 54 heavy (non-hydrogen) atoms. The van der Waals surface area contributed by atoms with Gasteiger partial charge in [0, 0.05) is 42.8 Å². The summed E-state index contributed by atoms with van der Waals surface area (Å²) in [7, 11) is 0. The molecule has 8 aromatic rings. The van der Waals surface area contributed by atoms with Crippen molar-refractivity contribution in [2.24, 2.45) is 0 Å². The number of aromatic nitrogens is 3. The Morgan fingerprint density at radius 2 is 1.37 bits per heavy atom. The van der Waals surface area contributed by atoms with Crippen molar-refractivity contribution in [2.45, 2.75) is 46.9 Å². The Kier molecular flexibility index (Phi) is 8.98. The van der Waals surface area contributed by atoms with Gasteiger partial charge in [-0.25, -0.2) is 4.98 Å². The predicted octanol–water partition coefficient (Wildman–Crippen LogP) is 12.5. The summed E-state index contributed by atoms with van der Waals surface area (Å²) in [6.07, 6.45) is 1.84. The van der Waals surface area contributed by atoms with E-state index >= 15 is 0 Å². The Bertz CT molecular complexity index is 2750. The molecule has 0 saturated carbocycles. The molecule has 0 fully saturated rings. The Morgan fingerprint density at radius 1 is 0.667 bits per heavy atom. The molecule has 1 N–H and O–H groups in total. The zero-order valence-electron chi connectivity index (χ0n) is 33.9. The van der Waals surface area contributed by atoms with E-state index in [9.17, 15) is 5.11 Å². The number of phenols is 1. The number of rotatable bonds is 6. The molecule has 6 aromatic carbocycles. The molecule has 2 heterocycles. The van der Waals surface area contributed by atoms with E-state index < -0.39 is 6.85 Å². The summed E-state index contributed by atoms with van der Waals surface area (Å²) in [6.45, 7) is 8.09. The van der Waals surface area contributed by atoms with E-state index in [2.05, 4.69) is 63.2 Å². The van der Waals surface area contributed by atoms with Gasteiger partial charge in [-0.1, -0.05) is 123 Å². The molecular formula is C49H42N3OPt-. The monoisotopic (exact) mass is 886 g/mol. The second-order valence-electron chi connectivity index (χ2n) is 14.8. The number of aromatic hydroxyl groups is 1. The first-order valence-corrected chi connectivity index (χ1v) is 17.9. The minimum Gasteiger partial charge on any atom is -0.507 e. The van der Waals surface area contributed by atoms with Crippen molar-refractivity contribution in [1.29, 1.82) is 0 Å². The van der Waals surface area contributed by atoms with Gasteiger partial charge in [0.05, 0.1) is 16.6 Å². The molecule has 0 saturated heterocycles. The number of nitrogens with zero attached hydrogens (tertiary/aromatic N) is 3. The van der Waals surface area contributed by atoms with Crippen LogP contribution in [0.15, 0.2) is 140 Å². The van der Waals surface area contributed by atoms with E-state index in [0.717, 1.165) is 66.8 Å². The van der Waals surface area contributed by atoms with Crippen LogP contribution in [0.4, 0.5) is 0 Å². The maximum absolute atomic E-state index is 11.6. The summed E-state index contributed by atoms with van der Waals surface area (Å²) in [4.78, 5) is 10.2. The second kappa shape index (κ2) is 14.7. The van der Waals surface area contributed by atoms with Crippen molar-refractivity contribution in [3.63, 3.8) is 0 Å². The van der Waals surface area contributed by atoms with Crippen molar-refractivity contribution >= 4 is 11.0 Å². The molecule has 270 valence electrons. The van der Waals surface area contributed by atoms with Gasteiger partial charge in [-0.3, -0.25) is 9.55 Å². The number of imidazole rings is 1. The van der Waals surface area contributed by atoms with Gasteiger partial charge in [-0.15, -0.1) is 29.3 Å². The zero-order chi connectivity index (χ0) is 39.4. The van der Waals surface area contributed by atoms with Crippen LogP contribution in [-0.4, -0.2) is 19.6 Å². The molecule has 0 aliphatic carbocycles. The Labute approximate surface area is 336 Å². The number of hydrogen-bond acceptors (Lipinski definition) is 3. The molecule has 5 heteroatoms. The number of hydrogen-bond donors (Lipinski definition) is 1. The van der Waals surface area contributed by atoms with Gasteiger partial charge in [-0.2, -0.15) is 0 Å². The van der Waals surface area contributed by atoms with Crippen LogP contribution in [-0.2, 0) is 26.5 Å². The molecule has 8 rings (SSSR count). The first-order chi connectivity index (χ1) is 26.7. The average Bonchev–Trinajstić information content (AvgIpc) is 3.59. The minimum atomic E-state index is -2.37. The third kappa shape index (κ3) is 7.07. The van der Waals surface area contributed by atoms with Crippen LogP contribution in [0, 0.1) is 26.8 Å². The largest absolute Gasteiger partial charge is 0.507 e. The second-order valence-corrected chi connectivity index (χ2v) is 14.8.